The number of nitrogens with one attached hydrogen (secondary N) is 2. The van der Waals surface area contributed by atoms with Crippen LogP contribution in [0.5, 0.6) is 0 Å². The SMILES string of the molecule is CC(C)n1c(=O)c2cnc(Nc3ccc4c(c3)CNCC4(C)C)nc2n1-c1ccnc(C2(C#N)CCC2)c1. The summed E-state index contributed by atoms with van der Waals surface area (Å²) in [7, 11) is 0. The second kappa shape index (κ2) is 8.77. The molecule has 1 fully saturated rings. The molecular formula is C29H32N8O. The van der Waals surface area contributed by atoms with Crippen molar-refractivity contribution in [1.82, 2.24) is 29.6 Å². The first-order valence-electron chi connectivity index (χ1n) is 13.2. The first-order chi connectivity index (χ1) is 18.2. The molecule has 2 aliphatic rings. The van der Waals surface area contributed by atoms with Crippen LogP contribution in [-0.4, -0.2) is 30.9 Å². The summed E-state index contributed by atoms with van der Waals surface area (Å²) in [5.41, 5.74) is 4.86. The highest BCUT2D eigenvalue weighted by atomic mass is 16.1. The zero-order chi connectivity index (χ0) is 26.7. The molecule has 1 aliphatic heterocycles. The summed E-state index contributed by atoms with van der Waals surface area (Å²) in [5, 5.41) is 17.1. The van der Waals surface area contributed by atoms with Crippen molar-refractivity contribution in [2.75, 3.05) is 11.9 Å². The summed E-state index contributed by atoms with van der Waals surface area (Å²) in [6.45, 7) is 10.2. The monoisotopic (exact) mass is 508 g/mol. The molecule has 38 heavy (non-hydrogen) atoms. The lowest BCUT2D eigenvalue weighted by Gasteiger charge is -2.34. The molecule has 6 rings (SSSR count). The Morgan fingerprint density at radius 2 is 1.97 bits per heavy atom. The molecule has 0 spiro atoms. The maximum atomic E-state index is 13.4. The topological polar surface area (TPSA) is 113 Å². The number of nitrogens with zero attached hydrogens (tertiary/aromatic N) is 6. The van der Waals surface area contributed by atoms with E-state index in [1.165, 1.54) is 11.1 Å². The quantitative estimate of drug-likeness (QED) is 0.404. The minimum Gasteiger partial charge on any atom is -0.324 e. The molecule has 4 heterocycles. The lowest BCUT2D eigenvalue weighted by Crippen LogP contribution is -2.38. The number of benzene rings is 1. The number of hydrogen-bond acceptors (Lipinski definition) is 7. The first-order valence-corrected chi connectivity index (χ1v) is 13.2. The largest absolute Gasteiger partial charge is 0.324 e. The first kappa shape index (κ1) is 24.3. The van der Waals surface area contributed by atoms with Crippen LogP contribution in [0.2, 0.25) is 0 Å². The Hall–Kier alpha value is -4.03. The number of pyridine rings is 1. The third kappa shape index (κ3) is 3.79. The van der Waals surface area contributed by atoms with E-state index < -0.39 is 5.41 Å². The Labute approximate surface area is 221 Å². The van der Waals surface area contributed by atoms with Gasteiger partial charge in [-0.15, -0.1) is 0 Å². The van der Waals surface area contributed by atoms with Crippen LogP contribution in [-0.2, 0) is 17.4 Å². The van der Waals surface area contributed by atoms with Gasteiger partial charge in [-0.25, -0.2) is 14.3 Å². The number of fused-ring (bicyclic) bond motifs is 2. The van der Waals surface area contributed by atoms with E-state index in [-0.39, 0.29) is 17.0 Å². The van der Waals surface area contributed by atoms with Gasteiger partial charge in [0.25, 0.3) is 5.56 Å². The minimum absolute atomic E-state index is 0.0738. The second-order valence-electron chi connectivity index (χ2n) is 11.4. The Kier molecular flexibility index (Phi) is 5.61. The normalized spacial score (nSPS) is 17.6. The zero-order valence-electron chi connectivity index (χ0n) is 22.2. The van der Waals surface area contributed by atoms with Gasteiger partial charge < -0.3 is 10.6 Å². The molecule has 9 heteroatoms. The van der Waals surface area contributed by atoms with E-state index in [9.17, 15) is 10.1 Å². The van der Waals surface area contributed by atoms with Crippen molar-refractivity contribution in [2.45, 2.75) is 70.4 Å². The smallest absolute Gasteiger partial charge is 0.278 e. The summed E-state index contributed by atoms with van der Waals surface area (Å²) in [4.78, 5) is 27.3. The van der Waals surface area contributed by atoms with Gasteiger partial charge >= 0.3 is 0 Å². The van der Waals surface area contributed by atoms with Gasteiger partial charge in [0.05, 0.1) is 22.9 Å². The van der Waals surface area contributed by atoms with Gasteiger partial charge in [0, 0.05) is 42.6 Å². The maximum absolute atomic E-state index is 13.4. The standard InChI is InChI=1S/C29H32N8O/c1-18(2)36-26(38)22-15-33-27(34-20-6-7-23-19(12-20)14-31-17-28(23,3)4)35-25(22)37(36)21-8-11-32-24(13-21)29(16-30)9-5-10-29/h6-8,11-13,15,18,31H,5,9-10,14,17H2,1-4H3,(H,33,34,35). The van der Waals surface area contributed by atoms with Gasteiger partial charge in [0.2, 0.25) is 5.95 Å². The van der Waals surface area contributed by atoms with Crippen LogP contribution in [0.3, 0.4) is 0 Å². The van der Waals surface area contributed by atoms with Crippen molar-refractivity contribution < 1.29 is 0 Å². The molecule has 9 nitrogen and oxygen atoms in total. The van der Waals surface area contributed by atoms with Gasteiger partial charge in [-0.05, 0) is 68.5 Å². The molecule has 2 N–H and O–H groups in total. The molecule has 194 valence electrons. The van der Waals surface area contributed by atoms with Gasteiger partial charge in [-0.1, -0.05) is 19.9 Å². The summed E-state index contributed by atoms with van der Waals surface area (Å²) in [6.07, 6.45) is 5.92. The van der Waals surface area contributed by atoms with Crippen LogP contribution in [0.15, 0.2) is 47.5 Å². The Bertz CT molecular complexity index is 1650. The van der Waals surface area contributed by atoms with Gasteiger partial charge in [-0.2, -0.15) is 10.2 Å². The molecule has 4 aromatic rings. The van der Waals surface area contributed by atoms with Crippen LogP contribution in [0, 0.1) is 11.3 Å². The van der Waals surface area contributed by atoms with Crippen LogP contribution in [0.25, 0.3) is 16.7 Å². The molecule has 0 amide bonds. The van der Waals surface area contributed by atoms with Crippen molar-refractivity contribution in [3.05, 3.63) is 69.9 Å². The Morgan fingerprint density at radius 3 is 2.68 bits per heavy atom. The fourth-order valence-corrected chi connectivity index (χ4v) is 5.75. The molecular weight excluding hydrogens is 476 g/mol. The average molecular weight is 509 g/mol. The van der Waals surface area contributed by atoms with Crippen LogP contribution < -0.4 is 16.2 Å². The van der Waals surface area contributed by atoms with Crippen molar-refractivity contribution in [1.29, 1.82) is 5.26 Å². The third-order valence-corrected chi connectivity index (χ3v) is 7.98. The average Bonchev–Trinajstić information content (AvgIpc) is 3.15. The summed E-state index contributed by atoms with van der Waals surface area (Å²) in [6, 6.07) is 12.5. The van der Waals surface area contributed by atoms with E-state index in [2.05, 4.69) is 58.7 Å². The molecule has 0 bridgehead atoms. The highest BCUT2D eigenvalue weighted by Crippen LogP contribution is 2.42. The van der Waals surface area contributed by atoms with Crippen molar-refractivity contribution in [3.63, 3.8) is 0 Å². The molecule has 0 saturated heterocycles. The Balaban J connectivity index is 1.45. The fraction of sp³-hybridized carbons (Fsp3) is 0.414. The fourth-order valence-electron chi connectivity index (χ4n) is 5.75. The van der Waals surface area contributed by atoms with E-state index in [0.717, 1.165) is 49.4 Å². The van der Waals surface area contributed by atoms with Gasteiger partial charge in [0.15, 0.2) is 5.65 Å². The molecule has 1 saturated carbocycles. The van der Waals surface area contributed by atoms with Crippen LogP contribution in [0.4, 0.5) is 11.6 Å². The molecule has 0 radical (unpaired) electrons. The third-order valence-electron chi connectivity index (χ3n) is 7.98. The van der Waals surface area contributed by atoms with Gasteiger partial charge in [-0.3, -0.25) is 9.78 Å². The molecule has 0 atom stereocenters. The van der Waals surface area contributed by atoms with E-state index in [4.69, 9.17) is 4.98 Å². The predicted molar refractivity (Wildman–Crippen MR) is 147 cm³/mol. The Morgan fingerprint density at radius 1 is 1.16 bits per heavy atom. The summed E-state index contributed by atoms with van der Waals surface area (Å²) in [5.74, 6) is 0.414. The van der Waals surface area contributed by atoms with Crippen LogP contribution >= 0.6 is 0 Å². The number of nitriles is 1. The van der Waals surface area contributed by atoms with Crippen molar-refractivity contribution >= 4 is 22.7 Å². The van der Waals surface area contributed by atoms with Gasteiger partial charge in [0.1, 0.15) is 5.39 Å². The molecule has 1 aliphatic carbocycles. The van der Waals surface area contributed by atoms with Crippen molar-refractivity contribution in [3.8, 4) is 11.8 Å². The highest BCUT2D eigenvalue weighted by molar-refractivity contribution is 5.77. The van der Waals surface area contributed by atoms with E-state index in [0.29, 0.717) is 17.0 Å². The lowest BCUT2D eigenvalue weighted by molar-refractivity contribution is 0.316. The minimum atomic E-state index is -0.556. The zero-order valence-corrected chi connectivity index (χ0v) is 22.2. The summed E-state index contributed by atoms with van der Waals surface area (Å²) < 4.78 is 3.53. The second-order valence-corrected chi connectivity index (χ2v) is 11.4. The van der Waals surface area contributed by atoms with E-state index >= 15 is 0 Å². The number of hydrogen-bond donors (Lipinski definition) is 2. The highest BCUT2D eigenvalue weighted by Gasteiger charge is 2.40. The van der Waals surface area contributed by atoms with Crippen molar-refractivity contribution in [2.24, 2.45) is 0 Å². The predicted octanol–water partition coefficient (Wildman–Crippen LogP) is 4.63. The van der Waals surface area contributed by atoms with Crippen LogP contribution in [0.1, 0.15) is 69.8 Å². The van der Waals surface area contributed by atoms with E-state index in [1.54, 1.807) is 17.1 Å². The number of aromatic nitrogens is 5. The molecule has 0 unspecified atom stereocenters. The maximum Gasteiger partial charge on any atom is 0.278 e. The number of anilines is 2. The molecule has 3 aromatic heterocycles. The number of rotatable bonds is 5. The molecule has 1 aromatic carbocycles. The summed E-state index contributed by atoms with van der Waals surface area (Å²) >= 11 is 0. The lowest BCUT2D eigenvalue weighted by atomic mass is 9.67. The van der Waals surface area contributed by atoms with E-state index in [1.807, 2.05) is 30.7 Å².